The fourth-order valence-corrected chi connectivity index (χ4v) is 6.85. The van der Waals surface area contributed by atoms with Crippen LogP contribution in [0.5, 0.6) is 11.5 Å². The molecule has 1 aliphatic heterocycles. The molecule has 1 amide bonds. The van der Waals surface area contributed by atoms with Crippen LogP contribution in [0.1, 0.15) is 77.2 Å². The lowest BCUT2D eigenvalue weighted by Gasteiger charge is -2.35. The Bertz CT molecular complexity index is 1380. The number of ether oxygens (including phenoxy) is 2. The fourth-order valence-electron chi connectivity index (χ4n) is 6.03. The van der Waals surface area contributed by atoms with Crippen molar-refractivity contribution in [2.75, 3.05) is 13.1 Å². The van der Waals surface area contributed by atoms with Crippen molar-refractivity contribution in [1.82, 2.24) is 9.62 Å². The molecule has 3 aromatic rings. The van der Waals surface area contributed by atoms with Gasteiger partial charge in [-0.15, -0.1) is 0 Å². The number of hydrogen-bond acceptors (Lipinski definition) is 6. The van der Waals surface area contributed by atoms with E-state index in [0.29, 0.717) is 31.7 Å². The molecule has 1 heterocycles. The molecule has 1 saturated carbocycles. The first-order valence-electron chi connectivity index (χ1n) is 16.1. The summed E-state index contributed by atoms with van der Waals surface area (Å²) in [7, 11) is 0. The second-order valence-corrected chi connectivity index (χ2v) is 13.0. The largest absolute Gasteiger partial charge is 0.490 e. The Morgan fingerprint density at radius 3 is 2.32 bits per heavy atom. The summed E-state index contributed by atoms with van der Waals surface area (Å²) < 4.78 is 47.5. The van der Waals surface area contributed by atoms with Crippen molar-refractivity contribution in [3.63, 3.8) is 0 Å². The van der Waals surface area contributed by atoms with Crippen molar-refractivity contribution in [2.24, 2.45) is 5.73 Å². The molecule has 3 aromatic carbocycles. The van der Waals surface area contributed by atoms with Crippen LogP contribution in [0.4, 0.5) is 8.78 Å². The third-order valence-electron chi connectivity index (χ3n) is 8.75. The highest BCUT2D eigenvalue weighted by atomic mass is 32.2. The minimum absolute atomic E-state index is 0.0192. The normalized spacial score (nSPS) is 18.0. The van der Waals surface area contributed by atoms with E-state index in [0.717, 1.165) is 65.5 Å². The molecule has 0 aromatic heterocycles. The number of nitrogens with one attached hydrogen (secondary N) is 1. The van der Waals surface area contributed by atoms with Crippen LogP contribution in [0.2, 0.25) is 0 Å². The lowest BCUT2D eigenvalue weighted by atomic mass is 9.98. The van der Waals surface area contributed by atoms with E-state index in [1.54, 1.807) is 12.1 Å². The van der Waals surface area contributed by atoms with Crippen molar-refractivity contribution >= 4 is 28.6 Å². The Morgan fingerprint density at radius 1 is 0.977 bits per heavy atom. The summed E-state index contributed by atoms with van der Waals surface area (Å²) in [5.41, 5.74) is 5.80. The molecule has 5 rings (SSSR count). The Hall–Kier alpha value is -2.88. The van der Waals surface area contributed by atoms with Gasteiger partial charge in [-0.05, 0) is 123 Å². The van der Waals surface area contributed by atoms with Gasteiger partial charge in [0.05, 0.1) is 12.2 Å². The van der Waals surface area contributed by atoms with Crippen LogP contribution in [-0.2, 0) is 10.7 Å². The van der Waals surface area contributed by atoms with Crippen LogP contribution in [-0.4, -0.2) is 48.2 Å². The predicted molar refractivity (Wildman–Crippen MR) is 173 cm³/mol. The Morgan fingerprint density at radius 2 is 1.64 bits per heavy atom. The summed E-state index contributed by atoms with van der Waals surface area (Å²) in [4.78, 5) is 15.9. The molecule has 238 valence electrons. The van der Waals surface area contributed by atoms with Crippen molar-refractivity contribution in [3.8, 4) is 11.5 Å². The van der Waals surface area contributed by atoms with Crippen LogP contribution in [0.3, 0.4) is 0 Å². The van der Waals surface area contributed by atoms with E-state index in [1.807, 2.05) is 43.3 Å². The molecule has 6 nitrogen and oxygen atoms in total. The number of fused-ring (bicyclic) bond motifs is 1. The van der Waals surface area contributed by atoms with Crippen LogP contribution in [0.15, 0.2) is 65.6 Å². The smallest absolute Gasteiger partial charge is 0.298 e. The number of likely N-dealkylation sites (tertiary alicyclic amines) is 1. The second kappa shape index (κ2) is 14.9. The summed E-state index contributed by atoms with van der Waals surface area (Å²) in [5, 5.41) is 1.98. The number of halogens is 2. The van der Waals surface area contributed by atoms with Gasteiger partial charge in [-0.2, -0.15) is 8.78 Å². The molecule has 9 heteroatoms. The van der Waals surface area contributed by atoms with E-state index in [2.05, 4.69) is 11.6 Å². The number of alkyl halides is 2. The highest BCUT2D eigenvalue weighted by molar-refractivity contribution is 7.97. The second-order valence-electron chi connectivity index (χ2n) is 12.1. The zero-order valence-electron chi connectivity index (χ0n) is 25.8. The number of carbonyl (C=O) groups excluding carboxylic acids is 1. The maximum absolute atomic E-state index is 16.2. The lowest BCUT2D eigenvalue weighted by molar-refractivity contribution is -0.145. The molecule has 0 bridgehead atoms. The van der Waals surface area contributed by atoms with Gasteiger partial charge in [0.15, 0.2) is 6.04 Å². The SMILES string of the molecule is CCCC(CC)Oc1ccc(C(F)(F)C(NSc2ccc3cc(OC4CCCC4)ccc3c2)C(=O)N2CCC(N)CC2)cc1. The summed E-state index contributed by atoms with van der Waals surface area (Å²) in [5.74, 6) is -2.70. The highest BCUT2D eigenvalue weighted by Crippen LogP contribution is 2.37. The quantitative estimate of drug-likeness (QED) is 0.189. The zero-order chi connectivity index (χ0) is 31.1. The fraction of sp³-hybridized carbons (Fsp3) is 0.514. The van der Waals surface area contributed by atoms with Crippen LogP contribution >= 0.6 is 11.9 Å². The number of hydrogen-bond donors (Lipinski definition) is 2. The third kappa shape index (κ3) is 8.03. The van der Waals surface area contributed by atoms with E-state index < -0.39 is 17.9 Å². The topological polar surface area (TPSA) is 76.8 Å². The minimum Gasteiger partial charge on any atom is -0.490 e. The van der Waals surface area contributed by atoms with Gasteiger partial charge in [-0.25, -0.2) is 4.72 Å². The molecule has 2 atom stereocenters. The van der Waals surface area contributed by atoms with Gasteiger partial charge in [0.25, 0.3) is 5.92 Å². The van der Waals surface area contributed by atoms with E-state index >= 15 is 8.78 Å². The van der Waals surface area contributed by atoms with E-state index in [9.17, 15) is 4.79 Å². The van der Waals surface area contributed by atoms with Crippen LogP contribution in [0.25, 0.3) is 10.8 Å². The standard InChI is InChI=1S/C35H45F2N3O3S/c1-3-7-28(4-2)42-30-15-12-26(13-16-30)35(36,37)33(34(41)40-20-18-27(38)19-21-40)39-44-32-17-11-24-22-31(14-10-25(24)23-32)43-29-8-5-6-9-29/h10-17,22-23,27-29,33,39H,3-9,18-21,38H2,1-2H3. The molecule has 2 unspecified atom stereocenters. The maximum atomic E-state index is 16.2. The molecule has 2 fully saturated rings. The maximum Gasteiger partial charge on any atom is 0.298 e. The number of rotatable bonds is 13. The van der Waals surface area contributed by atoms with Gasteiger partial charge in [0.2, 0.25) is 5.91 Å². The summed E-state index contributed by atoms with van der Waals surface area (Å²) in [6.07, 6.45) is 8.81. The van der Waals surface area contributed by atoms with Crippen LogP contribution < -0.4 is 19.9 Å². The van der Waals surface area contributed by atoms with Gasteiger partial charge in [-0.3, -0.25) is 4.79 Å². The number of nitrogens with zero attached hydrogens (tertiary/aromatic N) is 1. The average molecular weight is 626 g/mol. The molecule has 1 aliphatic carbocycles. The first kappa shape index (κ1) is 32.5. The predicted octanol–water partition coefficient (Wildman–Crippen LogP) is 7.83. The summed E-state index contributed by atoms with van der Waals surface area (Å²) in [6, 6.07) is 15.9. The number of carbonyl (C=O) groups is 1. The number of nitrogens with two attached hydrogens (primary N) is 1. The number of benzene rings is 3. The number of amides is 1. The van der Waals surface area contributed by atoms with Gasteiger partial charge in [0.1, 0.15) is 11.5 Å². The first-order chi connectivity index (χ1) is 21.3. The monoisotopic (exact) mass is 625 g/mol. The zero-order valence-corrected chi connectivity index (χ0v) is 26.6. The Balaban J connectivity index is 1.33. The van der Waals surface area contributed by atoms with Gasteiger partial charge >= 0.3 is 0 Å². The van der Waals surface area contributed by atoms with E-state index in [-0.39, 0.29) is 23.8 Å². The molecule has 0 radical (unpaired) electrons. The van der Waals surface area contributed by atoms with Crippen molar-refractivity contribution in [2.45, 2.75) is 107 Å². The van der Waals surface area contributed by atoms with Crippen LogP contribution in [0, 0.1) is 0 Å². The molecular formula is C35H45F2N3O3S. The third-order valence-corrected chi connectivity index (χ3v) is 9.59. The first-order valence-corrected chi connectivity index (χ1v) is 16.9. The van der Waals surface area contributed by atoms with Gasteiger partial charge < -0.3 is 20.1 Å². The van der Waals surface area contributed by atoms with Gasteiger partial charge in [-0.1, -0.05) is 32.4 Å². The lowest BCUT2D eigenvalue weighted by Crippen LogP contribution is -2.55. The average Bonchev–Trinajstić information content (AvgIpc) is 3.54. The minimum atomic E-state index is -3.47. The van der Waals surface area contributed by atoms with Crippen molar-refractivity contribution < 1.29 is 23.0 Å². The number of piperidine rings is 1. The Kier molecular flexibility index (Phi) is 11.0. The summed E-state index contributed by atoms with van der Waals surface area (Å²) >= 11 is 1.05. The molecule has 1 saturated heterocycles. The van der Waals surface area contributed by atoms with E-state index in [4.69, 9.17) is 15.2 Å². The van der Waals surface area contributed by atoms with E-state index in [1.165, 1.54) is 29.9 Å². The van der Waals surface area contributed by atoms with Gasteiger partial charge in [0, 0.05) is 29.6 Å². The molecular weight excluding hydrogens is 580 g/mol. The molecule has 3 N–H and O–H groups in total. The molecule has 44 heavy (non-hydrogen) atoms. The summed E-state index contributed by atoms with van der Waals surface area (Å²) in [6.45, 7) is 4.87. The van der Waals surface area contributed by atoms with Crippen molar-refractivity contribution in [1.29, 1.82) is 0 Å². The van der Waals surface area contributed by atoms with Crippen molar-refractivity contribution in [3.05, 3.63) is 66.2 Å². The Labute approximate surface area is 264 Å². The molecule has 0 spiro atoms. The highest BCUT2D eigenvalue weighted by Gasteiger charge is 2.48. The molecule has 2 aliphatic rings.